The van der Waals surface area contributed by atoms with Gasteiger partial charge in [-0.2, -0.15) is 0 Å². The monoisotopic (exact) mass is 301 g/mol. The second kappa shape index (κ2) is 8.15. The summed E-state index contributed by atoms with van der Waals surface area (Å²) in [7, 11) is 0. The SMILES string of the molecule is CC(C)NC(C)(CO)CCCSc1ccc(Cl)cc1. The predicted molar refractivity (Wildman–Crippen MR) is 85.2 cm³/mol. The molecule has 0 saturated carbocycles. The summed E-state index contributed by atoms with van der Waals surface area (Å²) in [5.41, 5.74) is -0.172. The van der Waals surface area contributed by atoms with Crippen LogP contribution in [0.15, 0.2) is 29.2 Å². The van der Waals surface area contributed by atoms with Gasteiger partial charge < -0.3 is 10.4 Å². The van der Waals surface area contributed by atoms with E-state index in [2.05, 4.69) is 26.1 Å². The number of nitrogens with one attached hydrogen (secondary N) is 1. The van der Waals surface area contributed by atoms with Crippen LogP contribution in [0.4, 0.5) is 0 Å². The van der Waals surface area contributed by atoms with Crippen molar-refractivity contribution in [3.05, 3.63) is 29.3 Å². The zero-order valence-electron chi connectivity index (χ0n) is 11.9. The van der Waals surface area contributed by atoms with Crippen molar-refractivity contribution in [2.75, 3.05) is 12.4 Å². The fourth-order valence-electron chi connectivity index (χ4n) is 2.08. The van der Waals surface area contributed by atoms with Gasteiger partial charge in [-0.15, -0.1) is 11.8 Å². The first-order valence-electron chi connectivity index (χ1n) is 6.72. The van der Waals surface area contributed by atoms with Crippen molar-refractivity contribution < 1.29 is 5.11 Å². The Kier molecular flexibility index (Phi) is 7.22. The molecule has 2 N–H and O–H groups in total. The minimum absolute atomic E-state index is 0.172. The molecule has 0 amide bonds. The van der Waals surface area contributed by atoms with Crippen LogP contribution in [-0.4, -0.2) is 29.0 Å². The van der Waals surface area contributed by atoms with Gasteiger partial charge in [-0.3, -0.25) is 0 Å². The van der Waals surface area contributed by atoms with Crippen LogP contribution < -0.4 is 5.32 Å². The lowest BCUT2D eigenvalue weighted by Gasteiger charge is -2.31. The first-order valence-corrected chi connectivity index (χ1v) is 8.08. The van der Waals surface area contributed by atoms with Crippen LogP contribution in [0.5, 0.6) is 0 Å². The van der Waals surface area contributed by atoms with E-state index in [1.165, 1.54) is 4.90 Å². The van der Waals surface area contributed by atoms with Gasteiger partial charge in [0.1, 0.15) is 0 Å². The Hall–Kier alpha value is -0.220. The Morgan fingerprint density at radius 2 is 1.95 bits per heavy atom. The van der Waals surface area contributed by atoms with Crippen LogP contribution in [0.25, 0.3) is 0 Å². The van der Waals surface area contributed by atoms with Gasteiger partial charge in [0.05, 0.1) is 6.61 Å². The molecule has 0 aromatic heterocycles. The fraction of sp³-hybridized carbons (Fsp3) is 0.600. The van der Waals surface area contributed by atoms with Gasteiger partial charge in [0, 0.05) is 21.5 Å². The van der Waals surface area contributed by atoms with Crippen LogP contribution in [0.1, 0.15) is 33.6 Å². The second-order valence-electron chi connectivity index (χ2n) is 5.42. The van der Waals surface area contributed by atoms with E-state index in [0.717, 1.165) is 23.6 Å². The third kappa shape index (κ3) is 6.66. The van der Waals surface area contributed by atoms with Crippen molar-refractivity contribution in [3.8, 4) is 0 Å². The quantitative estimate of drug-likeness (QED) is 0.563. The minimum atomic E-state index is -0.172. The molecule has 0 spiro atoms. The molecular formula is C15H24ClNOS. The van der Waals surface area contributed by atoms with E-state index in [4.69, 9.17) is 11.6 Å². The lowest BCUT2D eigenvalue weighted by atomic mass is 9.96. The highest BCUT2D eigenvalue weighted by Crippen LogP contribution is 2.23. The first-order chi connectivity index (χ1) is 8.95. The normalized spacial score (nSPS) is 14.6. The van der Waals surface area contributed by atoms with E-state index in [9.17, 15) is 5.11 Å². The molecule has 0 aliphatic carbocycles. The van der Waals surface area contributed by atoms with Gasteiger partial charge in [0.2, 0.25) is 0 Å². The second-order valence-corrected chi connectivity index (χ2v) is 7.03. The molecule has 0 saturated heterocycles. The maximum Gasteiger partial charge on any atom is 0.0610 e. The van der Waals surface area contributed by atoms with Gasteiger partial charge >= 0.3 is 0 Å². The molecule has 0 radical (unpaired) electrons. The van der Waals surface area contributed by atoms with Gasteiger partial charge in [-0.25, -0.2) is 0 Å². The fourth-order valence-corrected chi connectivity index (χ4v) is 3.06. The van der Waals surface area contributed by atoms with E-state index in [-0.39, 0.29) is 12.1 Å². The molecule has 0 aliphatic heterocycles. The zero-order valence-corrected chi connectivity index (χ0v) is 13.5. The third-order valence-electron chi connectivity index (χ3n) is 2.94. The lowest BCUT2D eigenvalue weighted by molar-refractivity contribution is 0.156. The summed E-state index contributed by atoms with van der Waals surface area (Å²) in [6, 6.07) is 8.32. The van der Waals surface area contributed by atoms with Gasteiger partial charge in [0.15, 0.2) is 0 Å². The molecule has 0 heterocycles. The van der Waals surface area contributed by atoms with Crippen LogP contribution in [0.3, 0.4) is 0 Å². The van der Waals surface area contributed by atoms with Crippen molar-refractivity contribution in [1.82, 2.24) is 5.32 Å². The molecule has 1 rings (SSSR count). The van der Waals surface area contributed by atoms with Crippen molar-refractivity contribution in [2.45, 2.75) is 50.1 Å². The zero-order chi connectivity index (χ0) is 14.3. The number of hydrogen-bond acceptors (Lipinski definition) is 3. The number of halogens is 1. The summed E-state index contributed by atoms with van der Waals surface area (Å²) in [6.45, 7) is 6.48. The highest BCUT2D eigenvalue weighted by atomic mass is 35.5. The average molecular weight is 302 g/mol. The molecule has 1 atom stereocenters. The van der Waals surface area contributed by atoms with E-state index in [1.807, 2.05) is 36.0 Å². The Morgan fingerprint density at radius 3 is 2.47 bits per heavy atom. The first kappa shape index (κ1) is 16.8. The molecule has 108 valence electrons. The molecule has 0 aliphatic rings. The smallest absolute Gasteiger partial charge is 0.0610 e. The van der Waals surface area contributed by atoms with Crippen LogP contribution in [0, 0.1) is 0 Å². The number of hydrogen-bond donors (Lipinski definition) is 2. The summed E-state index contributed by atoms with van der Waals surface area (Å²) < 4.78 is 0. The minimum Gasteiger partial charge on any atom is -0.394 e. The van der Waals surface area contributed by atoms with Crippen molar-refractivity contribution >= 4 is 23.4 Å². The molecule has 1 aromatic rings. The standard InChI is InChI=1S/C15H24ClNOS/c1-12(2)17-15(3,11-18)9-4-10-19-14-7-5-13(16)6-8-14/h5-8,12,17-18H,4,9-11H2,1-3H3. The molecule has 2 nitrogen and oxygen atoms in total. The maximum atomic E-state index is 9.50. The molecule has 0 bridgehead atoms. The highest BCUT2D eigenvalue weighted by Gasteiger charge is 2.22. The van der Waals surface area contributed by atoms with Crippen molar-refractivity contribution in [2.24, 2.45) is 0 Å². The summed E-state index contributed by atoms with van der Waals surface area (Å²) in [5.74, 6) is 1.05. The molecule has 0 fully saturated rings. The summed E-state index contributed by atoms with van der Waals surface area (Å²) in [5, 5.41) is 13.7. The molecule has 4 heteroatoms. The molecule has 1 aromatic carbocycles. The molecule has 19 heavy (non-hydrogen) atoms. The summed E-state index contributed by atoms with van der Waals surface area (Å²) in [6.07, 6.45) is 2.05. The number of rotatable bonds is 8. The Balaban J connectivity index is 2.31. The van der Waals surface area contributed by atoms with E-state index in [0.29, 0.717) is 6.04 Å². The van der Waals surface area contributed by atoms with E-state index >= 15 is 0 Å². The average Bonchev–Trinajstić information content (AvgIpc) is 2.36. The van der Waals surface area contributed by atoms with Crippen molar-refractivity contribution in [3.63, 3.8) is 0 Å². The summed E-state index contributed by atoms with van der Waals surface area (Å²) in [4.78, 5) is 1.24. The number of thioether (sulfide) groups is 1. The van der Waals surface area contributed by atoms with Crippen molar-refractivity contribution in [1.29, 1.82) is 0 Å². The topological polar surface area (TPSA) is 32.3 Å². The Bertz CT molecular complexity index is 369. The molecular weight excluding hydrogens is 278 g/mol. The predicted octanol–water partition coefficient (Wildman–Crippen LogP) is 3.96. The lowest BCUT2D eigenvalue weighted by Crippen LogP contribution is -2.49. The number of benzene rings is 1. The van der Waals surface area contributed by atoms with Crippen LogP contribution in [0.2, 0.25) is 5.02 Å². The number of aliphatic hydroxyl groups is 1. The molecule has 1 unspecified atom stereocenters. The highest BCUT2D eigenvalue weighted by molar-refractivity contribution is 7.99. The maximum absolute atomic E-state index is 9.50. The van der Waals surface area contributed by atoms with Crippen LogP contribution >= 0.6 is 23.4 Å². The van der Waals surface area contributed by atoms with E-state index in [1.54, 1.807) is 0 Å². The largest absolute Gasteiger partial charge is 0.394 e. The van der Waals surface area contributed by atoms with E-state index < -0.39 is 0 Å². The van der Waals surface area contributed by atoms with Gasteiger partial charge in [-0.1, -0.05) is 25.4 Å². The summed E-state index contributed by atoms with van der Waals surface area (Å²) >= 11 is 7.69. The Labute approximate surface area is 125 Å². The Morgan fingerprint density at radius 1 is 1.32 bits per heavy atom. The van der Waals surface area contributed by atoms with Gasteiger partial charge in [-0.05, 0) is 49.8 Å². The van der Waals surface area contributed by atoms with Gasteiger partial charge in [0.25, 0.3) is 0 Å². The third-order valence-corrected chi connectivity index (χ3v) is 4.29. The number of aliphatic hydroxyl groups excluding tert-OH is 1. The van der Waals surface area contributed by atoms with Crippen LogP contribution in [-0.2, 0) is 0 Å².